The Bertz CT molecular complexity index is 714. The van der Waals surface area contributed by atoms with Crippen molar-refractivity contribution in [1.29, 1.82) is 0 Å². The Morgan fingerprint density at radius 2 is 2.08 bits per heavy atom. The van der Waals surface area contributed by atoms with Crippen LogP contribution < -0.4 is 0 Å². The number of aromatic nitrogens is 2. The van der Waals surface area contributed by atoms with E-state index in [1.165, 1.54) is 0 Å². The quantitative estimate of drug-likeness (QED) is 0.852. The van der Waals surface area contributed by atoms with Crippen molar-refractivity contribution in [3.8, 4) is 0 Å². The third-order valence-electron chi connectivity index (χ3n) is 4.78. The SMILES string of the molecule is CC[C@H](C)C(=O)N1CCCN(Cc2cn3cc(Cl)ccc3n2)CC1. The van der Waals surface area contributed by atoms with Crippen molar-refractivity contribution in [1.82, 2.24) is 19.2 Å². The van der Waals surface area contributed by atoms with E-state index in [1.54, 1.807) is 0 Å². The van der Waals surface area contributed by atoms with Crippen LogP contribution in [0.2, 0.25) is 5.02 Å². The van der Waals surface area contributed by atoms with Gasteiger partial charge in [0.25, 0.3) is 0 Å². The summed E-state index contributed by atoms with van der Waals surface area (Å²) in [5.41, 5.74) is 1.96. The van der Waals surface area contributed by atoms with E-state index in [1.807, 2.05) is 40.8 Å². The van der Waals surface area contributed by atoms with E-state index in [9.17, 15) is 4.79 Å². The Morgan fingerprint density at radius 1 is 1.25 bits per heavy atom. The second-order valence-electron chi connectivity index (χ2n) is 6.61. The molecule has 0 aromatic carbocycles. The van der Waals surface area contributed by atoms with Crippen LogP contribution >= 0.6 is 11.6 Å². The number of carbonyl (C=O) groups excluding carboxylic acids is 1. The van der Waals surface area contributed by atoms with Gasteiger partial charge in [0, 0.05) is 51.0 Å². The molecule has 1 amide bonds. The predicted octanol–water partition coefficient (Wildman–Crippen LogP) is 3.07. The summed E-state index contributed by atoms with van der Waals surface area (Å²) >= 11 is 6.03. The number of rotatable bonds is 4. The Kier molecular flexibility index (Phi) is 5.41. The maximum Gasteiger partial charge on any atom is 0.225 e. The Morgan fingerprint density at radius 3 is 2.88 bits per heavy atom. The molecule has 0 aliphatic carbocycles. The van der Waals surface area contributed by atoms with Crippen molar-refractivity contribution < 1.29 is 4.79 Å². The number of carbonyl (C=O) groups is 1. The first-order valence-electron chi connectivity index (χ1n) is 8.71. The number of amides is 1. The molecule has 5 nitrogen and oxygen atoms in total. The average Bonchev–Trinajstić information content (AvgIpc) is 2.81. The molecule has 0 saturated carbocycles. The molecular formula is C18H25ClN4O. The lowest BCUT2D eigenvalue weighted by Gasteiger charge is -2.24. The van der Waals surface area contributed by atoms with Crippen LogP contribution in [0, 0.1) is 5.92 Å². The lowest BCUT2D eigenvalue weighted by molar-refractivity contribution is -0.134. The van der Waals surface area contributed by atoms with Gasteiger partial charge in [0.15, 0.2) is 0 Å². The van der Waals surface area contributed by atoms with Crippen molar-refractivity contribution >= 4 is 23.2 Å². The zero-order valence-electron chi connectivity index (χ0n) is 14.4. The maximum atomic E-state index is 12.4. The molecule has 2 aromatic heterocycles. The van der Waals surface area contributed by atoms with Crippen molar-refractivity contribution in [3.63, 3.8) is 0 Å². The van der Waals surface area contributed by atoms with E-state index in [4.69, 9.17) is 11.6 Å². The van der Waals surface area contributed by atoms with E-state index < -0.39 is 0 Å². The molecule has 1 saturated heterocycles. The lowest BCUT2D eigenvalue weighted by Crippen LogP contribution is -2.38. The summed E-state index contributed by atoms with van der Waals surface area (Å²) in [7, 11) is 0. The van der Waals surface area contributed by atoms with Crippen LogP contribution in [-0.4, -0.2) is 51.3 Å². The van der Waals surface area contributed by atoms with Gasteiger partial charge >= 0.3 is 0 Å². The van der Waals surface area contributed by atoms with Crippen LogP contribution in [-0.2, 0) is 11.3 Å². The number of nitrogens with zero attached hydrogens (tertiary/aromatic N) is 4. The van der Waals surface area contributed by atoms with Gasteiger partial charge in [-0.3, -0.25) is 9.69 Å². The number of hydrogen-bond donors (Lipinski definition) is 0. The van der Waals surface area contributed by atoms with Gasteiger partial charge in [0.2, 0.25) is 5.91 Å². The van der Waals surface area contributed by atoms with Gasteiger partial charge in [-0.25, -0.2) is 4.98 Å². The lowest BCUT2D eigenvalue weighted by atomic mass is 10.1. The number of imidazole rings is 1. The molecule has 1 atom stereocenters. The van der Waals surface area contributed by atoms with Crippen LogP contribution in [0.25, 0.3) is 5.65 Å². The highest BCUT2D eigenvalue weighted by atomic mass is 35.5. The van der Waals surface area contributed by atoms with Crippen LogP contribution in [0.15, 0.2) is 24.5 Å². The minimum Gasteiger partial charge on any atom is -0.341 e. The molecule has 130 valence electrons. The molecule has 3 heterocycles. The van der Waals surface area contributed by atoms with Gasteiger partial charge in [-0.05, 0) is 25.0 Å². The molecule has 24 heavy (non-hydrogen) atoms. The molecule has 0 spiro atoms. The van der Waals surface area contributed by atoms with Gasteiger partial charge in [-0.15, -0.1) is 0 Å². The van der Waals surface area contributed by atoms with E-state index in [0.29, 0.717) is 10.9 Å². The standard InChI is InChI=1S/C18H25ClN4O/c1-3-14(2)18(24)22-8-4-7-21(9-10-22)12-16-13-23-11-15(19)5-6-17(23)20-16/h5-6,11,13-14H,3-4,7-10,12H2,1-2H3/t14-/m0/s1. The van der Waals surface area contributed by atoms with Crippen molar-refractivity contribution in [3.05, 3.63) is 35.2 Å². The van der Waals surface area contributed by atoms with Crippen molar-refractivity contribution in [2.75, 3.05) is 26.2 Å². The average molecular weight is 349 g/mol. The van der Waals surface area contributed by atoms with Gasteiger partial charge in [-0.2, -0.15) is 0 Å². The fourth-order valence-electron chi connectivity index (χ4n) is 3.16. The summed E-state index contributed by atoms with van der Waals surface area (Å²) < 4.78 is 1.97. The van der Waals surface area contributed by atoms with Crippen LogP contribution in [0.4, 0.5) is 0 Å². The van der Waals surface area contributed by atoms with Gasteiger partial charge < -0.3 is 9.30 Å². The molecule has 0 bridgehead atoms. The normalized spacial score (nSPS) is 17.9. The summed E-state index contributed by atoms with van der Waals surface area (Å²) in [4.78, 5) is 21.4. The monoisotopic (exact) mass is 348 g/mol. The van der Waals surface area contributed by atoms with Crippen LogP contribution in [0.1, 0.15) is 32.4 Å². The minimum absolute atomic E-state index is 0.125. The third kappa shape index (κ3) is 3.90. The fourth-order valence-corrected chi connectivity index (χ4v) is 3.33. The highest BCUT2D eigenvalue weighted by Crippen LogP contribution is 2.15. The van der Waals surface area contributed by atoms with E-state index >= 15 is 0 Å². The maximum absolute atomic E-state index is 12.4. The zero-order valence-corrected chi connectivity index (χ0v) is 15.2. The highest BCUT2D eigenvalue weighted by Gasteiger charge is 2.22. The van der Waals surface area contributed by atoms with Crippen molar-refractivity contribution in [2.45, 2.75) is 33.2 Å². The molecule has 1 aliphatic rings. The van der Waals surface area contributed by atoms with Gasteiger partial charge in [0.05, 0.1) is 10.7 Å². The first-order valence-corrected chi connectivity index (χ1v) is 9.09. The molecule has 1 fully saturated rings. The first-order chi connectivity index (χ1) is 11.6. The first kappa shape index (κ1) is 17.2. The smallest absolute Gasteiger partial charge is 0.225 e. The minimum atomic E-state index is 0.125. The molecule has 6 heteroatoms. The summed E-state index contributed by atoms with van der Waals surface area (Å²) in [5.74, 6) is 0.418. The van der Waals surface area contributed by atoms with E-state index in [0.717, 1.165) is 56.9 Å². The predicted molar refractivity (Wildman–Crippen MR) is 96.1 cm³/mol. The number of pyridine rings is 1. The molecule has 0 radical (unpaired) electrons. The Labute approximate surface area is 148 Å². The van der Waals surface area contributed by atoms with Crippen molar-refractivity contribution in [2.24, 2.45) is 5.92 Å². The molecule has 0 unspecified atom stereocenters. The molecule has 3 rings (SSSR count). The summed E-state index contributed by atoms with van der Waals surface area (Å²) in [5, 5.41) is 0.709. The number of hydrogen-bond acceptors (Lipinski definition) is 3. The molecule has 0 N–H and O–H groups in total. The summed E-state index contributed by atoms with van der Waals surface area (Å²) in [6.45, 7) is 8.47. The number of fused-ring (bicyclic) bond motifs is 1. The van der Waals surface area contributed by atoms with E-state index in [2.05, 4.69) is 16.8 Å². The van der Waals surface area contributed by atoms with Gasteiger partial charge in [-0.1, -0.05) is 25.4 Å². The van der Waals surface area contributed by atoms with E-state index in [-0.39, 0.29) is 5.92 Å². The second kappa shape index (κ2) is 7.53. The Balaban J connectivity index is 1.62. The molecular weight excluding hydrogens is 324 g/mol. The Hall–Kier alpha value is -1.59. The third-order valence-corrected chi connectivity index (χ3v) is 5.01. The zero-order chi connectivity index (χ0) is 17.1. The largest absolute Gasteiger partial charge is 0.341 e. The number of halogens is 1. The molecule has 2 aromatic rings. The summed E-state index contributed by atoms with van der Waals surface area (Å²) in [6.07, 6.45) is 5.83. The highest BCUT2D eigenvalue weighted by molar-refractivity contribution is 6.30. The van der Waals surface area contributed by atoms with Crippen LogP contribution in [0.3, 0.4) is 0 Å². The molecule has 1 aliphatic heterocycles. The van der Waals surface area contributed by atoms with Gasteiger partial charge in [0.1, 0.15) is 5.65 Å². The fraction of sp³-hybridized carbons (Fsp3) is 0.556. The van der Waals surface area contributed by atoms with Crippen LogP contribution in [0.5, 0.6) is 0 Å². The summed E-state index contributed by atoms with van der Waals surface area (Å²) in [6, 6.07) is 3.79. The second-order valence-corrected chi connectivity index (χ2v) is 7.05. The topological polar surface area (TPSA) is 40.9 Å².